The average molecular weight is 702 g/mol. The first-order chi connectivity index (χ1) is 31.4. The summed E-state index contributed by atoms with van der Waals surface area (Å²) >= 11 is 0.279. The molecule has 1 aliphatic rings. The Bertz CT molecular complexity index is 2770. The summed E-state index contributed by atoms with van der Waals surface area (Å²) in [5, 5.41) is -0.815. The van der Waals surface area contributed by atoms with Crippen LogP contribution in [0, 0.1) is 12.7 Å². The number of halogens is 4. The van der Waals surface area contributed by atoms with Crippen LogP contribution in [-0.4, -0.2) is 51.3 Å². The molecule has 1 heterocycles. The third-order valence-electron chi connectivity index (χ3n) is 6.74. The highest BCUT2D eigenvalue weighted by Crippen LogP contribution is 2.34. The van der Waals surface area contributed by atoms with E-state index in [1.54, 1.807) is 0 Å². The fraction of sp³-hybridized carbons (Fsp3) is 0.378. The predicted molar refractivity (Wildman–Crippen MR) is 181 cm³/mol. The predicted octanol–water partition coefficient (Wildman–Crippen LogP) is 7.53. The van der Waals surface area contributed by atoms with E-state index in [1.807, 2.05) is 0 Å². The van der Waals surface area contributed by atoms with Crippen LogP contribution >= 0.6 is 11.8 Å². The van der Waals surface area contributed by atoms with Crippen molar-refractivity contribution < 1.29 is 51.1 Å². The second-order valence-corrected chi connectivity index (χ2v) is 10.9. The van der Waals surface area contributed by atoms with Crippen molar-refractivity contribution in [3.63, 3.8) is 0 Å². The highest BCUT2D eigenvalue weighted by Gasteiger charge is 2.32. The summed E-state index contributed by atoms with van der Waals surface area (Å²) in [6.45, 7) is -6.67. The van der Waals surface area contributed by atoms with Gasteiger partial charge in [0.25, 0.3) is 5.56 Å². The molecule has 0 aliphatic heterocycles. The van der Waals surface area contributed by atoms with Crippen LogP contribution in [0.3, 0.4) is 0 Å². The zero-order valence-corrected chi connectivity index (χ0v) is 26.4. The lowest BCUT2D eigenvalue weighted by molar-refractivity contribution is -0.138. The van der Waals surface area contributed by atoms with Crippen LogP contribution in [0.25, 0.3) is 11.1 Å². The maximum atomic E-state index is 15.0. The van der Waals surface area contributed by atoms with E-state index in [2.05, 4.69) is 4.98 Å². The van der Waals surface area contributed by atoms with Gasteiger partial charge >= 0.3 is 6.18 Å². The lowest BCUT2D eigenvalue weighted by atomic mass is 9.98. The average Bonchev–Trinajstić information content (AvgIpc) is 3.35. The van der Waals surface area contributed by atoms with Gasteiger partial charge in [0.15, 0.2) is 5.16 Å². The first kappa shape index (κ1) is 17.1. The molecule has 11 heteroatoms. The third kappa shape index (κ3) is 8.54. The lowest BCUT2D eigenvalue weighted by Crippen LogP contribution is -2.40. The van der Waals surface area contributed by atoms with Crippen molar-refractivity contribution in [1.82, 2.24) is 19.4 Å². The highest BCUT2D eigenvalue weighted by molar-refractivity contribution is 7.98. The van der Waals surface area contributed by atoms with Gasteiger partial charge < -0.3 is 14.4 Å². The zero-order chi connectivity index (χ0) is 53.0. The summed E-state index contributed by atoms with van der Waals surface area (Å²) in [7, 11) is 0. The van der Waals surface area contributed by atoms with E-state index >= 15 is 0 Å². The van der Waals surface area contributed by atoms with E-state index < -0.39 is 191 Å². The summed E-state index contributed by atoms with van der Waals surface area (Å²) in [6.07, 6.45) is -15.9. The van der Waals surface area contributed by atoms with Crippen molar-refractivity contribution in [2.45, 2.75) is 70.1 Å². The summed E-state index contributed by atoms with van der Waals surface area (Å²) in [5.74, 6) is -3.95. The Morgan fingerprint density at radius 1 is 1.00 bits per heavy atom. The van der Waals surface area contributed by atoms with Crippen LogP contribution in [0.1, 0.15) is 82.5 Å². The Kier molecular flexibility index (Phi) is 5.53. The number of alkyl halides is 3. The third-order valence-corrected chi connectivity index (χ3v) is 7.74. The minimum absolute atomic E-state index is 0.0561. The number of amides is 1. The summed E-state index contributed by atoms with van der Waals surface area (Å²) in [4.78, 5) is 33.3. The monoisotopic (exact) mass is 701 g/mol. The number of aromatic nitrogens is 2. The first-order valence-corrected chi connectivity index (χ1v) is 15.2. The molecule has 1 aliphatic carbocycles. The number of fused-ring (bicyclic) bond motifs is 1. The van der Waals surface area contributed by atoms with Crippen LogP contribution in [0.5, 0.6) is 0 Å². The van der Waals surface area contributed by atoms with Crippen LogP contribution in [0.2, 0.25) is 0 Å². The number of hydrogen-bond acceptors (Lipinski definition) is 5. The van der Waals surface area contributed by atoms with Gasteiger partial charge in [-0.05, 0) is 85.1 Å². The topological polar surface area (TPSA) is 58.4 Å². The highest BCUT2D eigenvalue weighted by atomic mass is 32.2. The van der Waals surface area contributed by atoms with Gasteiger partial charge in [0.1, 0.15) is 12.4 Å². The number of carbonyl (C=O) groups excluding carboxylic acids is 1. The quantitative estimate of drug-likeness (QED) is 0.0820. The Hall–Kier alpha value is -3.96. The Labute approximate surface area is 312 Å². The van der Waals surface area contributed by atoms with Gasteiger partial charge in [-0.3, -0.25) is 9.59 Å². The van der Waals surface area contributed by atoms with E-state index in [0.717, 1.165) is 11.8 Å². The number of rotatable bonds is 13. The molecular weight excluding hydrogens is 640 g/mol. The smallest absolute Gasteiger partial charge is 0.336 e. The summed E-state index contributed by atoms with van der Waals surface area (Å²) in [5.41, 5.74) is -9.82. The second kappa shape index (κ2) is 15.5. The fourth-order valence-corrected chi connectivity index (χ4v) is 5.13. The maximum absolute atomic E-state index is 15.0. The maximum Gasteiger partial charge on any atom is 0.416 e. The van der Waals surface area contributed by atoms with Crippen LogP contribution in [0.15, 0.2) is 76.4 Å². The van der Waals surface area contributed by atoms with E-state index in [9.17, 15) is 29.9 Å². The minimum Gasteiger partial charge on any atom is -0.336 e. The zero-order valence-electron chi connectivity index (χ0n) is 46.6. The molecule has 1 aromatic heterocycles. The second-order valence-electron chi connectivity index (χ2n) is 9.94. The van der Waals surface area contributed by atoms with Crippen LogP contribution < -0.4 is 5.56 Å². The van der Waals surface area contributed by atoms with Crippen LogP contribution in [-0.2, 0) is 42.6 Å². The molecule has 0 atom stereocenters. The minimum atomic E-state index is -5.22. The molecule has 4 aromatic rings. The molecule has 3 aromatic carbocycles. The standard InChI is InChI=1S/C37H40F4N4O2S/c1-4-43(5-2)19-20-44(22-26-9-13-28(14-10-26)29-15-18-32(25(3)21-29)37(39,40)41)34(46)23-45-33-8-6-7-31(33)35(47)42-36(45)48-24-27-11-16-30(38)17-12-27/h9-18,21H,4-8,19-20,22-24H2,1-3H3/i6D2,7D2,8D2,9D,10D,11D,12D,13D,14D,15D,16D,17D,18D,19D2,20D2,21D. The van der Waals surface area contributed by atoms with E-state index in [0.29, 0.717) is 4.57 Å². The SMILES string of the molecule is [2H]c1c([2H])c(CSc2nc(=O)c3c(n2CC(=O)N(Cc2c([2H])c([2H])c(-c4c([2H])c([2H])c(C(F)(F)F)c(C)c4[2H])c([2H])c2[2H])C([2H])([2H])C([2H])([2H])N(CC)CC)C([2H])([2H])C([2H])([2H])C3([2H])[2H])c([2H])c([2H])c1F. The molecule has 0 unspecified atom stereocenters. The number of likely N-dealkylation sites (N-methyl/N-ethyl adjacent to an activating group) is 1. The molecule has 0 saturated carbocycles. The fourth-order valence-electron chi connectivity index (χ4n) is 4.25. The molecule has 0 N–H and O–H groups in total. The molecule has 0 spiro atoms. The van der Waals surface area contributed by atoms with Crippen molar-refractivity contribution in [2.75, 3.05) is 26.1 Å². The normalized spacial score (nSPS) is 22.9. The molecule has 0 saturated heterocycles. The molecule has 0 bridgehead atoms. The molecule has 6 nitrogen and oxygen atoms in total. The largest absolute Gasteiger partial charge is 0.416 e. The summed E-state index contributed by atoms with van der Waals surface area (Å²) < 4.78 is 237. The number of thioether (sulfide) groups is 1. The Morgan fingerprint density at radius 3 is 2.33 bits per heavy atom. The van der Waals surface area contributed by atoms with E-state index in [-0.39, 0.29) is 29.8 Å². The molecule has 0 radical (unpaired) electrons. The molecule has 48 heavy (non-hydrogen) atoms. The van der Waals surface area contributed by atoms with Crippen LogP contribution in [0.4, 0.5) is 17.6 Å². The molecule has 0 fully saturated rings. The molecular formula is C37H40F4N4O2S. The van der Waals surface area contributed by atoms with Gasteiger partial charge in [0, 0.05) is 47.5 Å². The van der Waals surface area contributed by atoms with Crippen molar-refractivity contribution >= 4 is 17.7 Å². The van der Waals surface area contributed by atoms with Crippen molar-refractivity contribution in [1.29, 1.82) is 0 Å². The lowest BCUT2D eigenvalue weighted by Gasteiger charge is -2.28. The van der Waals surface area contributed by atoms with Crippen molar-refractivity contribution in [2.24, 2.45) is 0 Å². The van der Waals surface area contributed by atoms with Gasteiger partial charge in [0.05, 0.1) is 23.4 Å². The van der Waals surface area contributed by atoms with Gasteiger partial charge in [0.2, 0.25) is 5.91 Å². The van der Waals surface area contributed by atoms with Gasteiger partial charge in [-0.15, -0.1) is 0 Å². The van der Waals surface area contributed by atoms with Gasteiger partial charge in [-0.1, -0.05) is 73.9 Å². The van der Waals surface area contributed by atoms with Gasteiger partial charge in [-0.2, -0.15) is 18.2 Å². The molecule has 1 amide bonds. The first-order valence-electron chi connectivity index (χ1n) is 24.7. The Balaban J connectivity index is 1.80. The van der Waals surface area contributed by atoms with E-state index in [4.69, 9.17) is 26.0 Å². The number of nitrogens with zero attached hydrogens (tertiary/aromatic N) is 4. The van der Waals surface area contributed by atoms with E-state index in [1.165, 1.54) is 13.8 Å². The van der Waals surface area contributed by atoms with Crippen molar-refractivity contribution in [3.8, 4) is 11.1 Å². The number of carbonyl (C=O) groups is 1. The summed E-state index contributed by atoms with van der Waals surface area (Å²) in [6, 6.07) is -12.5. The molecule has 5 rings (SSSR count). The van der Waals surface area contributed by atoms with Gasteiger partial charge in [-0.25, -0.2) is 4.39 Å². The Morgan fingerprint density at radius 2 is 1.67 bits per heavy atom. The number of hydrogen-bond donors (Lipinski definition) is 0. The molecule has 254 valence electrons. The number of benzene rings is 3. The van der Waals surface area contributed by atoms with Crippen molar-refractivity contribution in [3.05, 3.63) is 116 Å².